The molecule has 2 aromatic carbocycles. The maximum atomic E-state index is 12.7. The lowest BCUT2D eigenvalue weighted by molar-refractivity contribution is -0.384. The number of nitro groups is 1. The highest BCUT2D eigenvalue weighted by atomic mass is 32.2. The van der Waals surface area contributed by atoms with Crippen LogP contribution < -0.4 is 10.9 Å². The number of thiocarbonyl (C=S) groups is 1. The summed E-state index contributed by atoms with van der Waals surface area (Å²) in [6, 6.07) is 13.1. The van der Waals surface area contributed by atoms with Crippen LogP contribution in [0.1, 0.15) is 41.3 Å². The zero-order valence-electron chi connectivity index (χ0n) is 18.3. The van der Waals surface area contributed by atoms with E-state index in [9.17, 15) is 24.5 Å². The van der Waals surface area contributed by atoms with Gasteiger partial charge in [0.05, 0.1) is 9.83 Å². The summed E-state index contributed by atoms with van der Waals surface area (Å²) in [5.74, 6) is -1.34. The van der Waals surface area contributed by atoms with Crippen LogP contribution in [0.5, 0.6) is 0 Å². The molecule has 0 spiro atoms. The Hall–Kier alpha value is -3.57. The summed E-state index contributed by atoms with van der Waals surface area (Å²) in [7, 11) is 0. The molecule has 2 N–H and O–H groups in total. The fourth-order valence-corrected chi connectivity index (χ4v) is 4.42. The third-order valence-corrected chi connectivity index (χ3v) is 6.36. The molecule has 0 saturated carbocycles. The van der Waals surface area contributed by atoms with E-state index in [0.29, 0.717) is 15.6 Å². The molecule has 0 radical (unpaired) electrons. The molecule has 1 heterocycles. The number of hydrogen-bond acceptors (Lipinski definition) is 7. The number of carbonyl (C=O) groups excluding carboxylic acids is 3. The van der Waals surface area contributed by atoms with Crippen LogP contribution in [0.2, 0.25) is 0 Å². The fourth-order valence-electron chi connectivity index (χ4n) is 3.11. The first kappa shape index (κ1) is 25.1. The molecule has 1 aliphatic heterocycles. The molecule has 9 nitrogen and oxygen atoms in total. The van der Waals surface area contributed by atoms with E-state index in [1.54, 1.807) is 6.08 Å². The first-order chi connectivity index (χ1) is 16.3. The van der Waals surface area contributed by atoms with Crippen molar-refractivity contribution in [3.8, 4) is 0 Å². The number of hydrazine groups is 1. The van der Waals surface area contributed by atoms with Gasteiger partial charge in [-0.3, -0.25) is 40.2 Å². The number of amides is 3. The Balaban J connectivity index is 1.46. The first-order valence-corrected chi connectivity index (χ1v) is 11.7. The van der Waals surface area contributed by atoms with Crippen LogP contribution >= 0.6 is 24.0 Å². The van der Waals surface area contributed by atoms with Crippen molar-refractivity contribution in [3.05, 3.63) is 80.2 Å². The van der Waals surface area contributed by atoms with Crippen LogP contribution in [-0.4, -0.2) is 38.4 Å². The van der Waals surface area contributed by atoms with Crippen LogP contribution in [0, 0.1) is 10.1 Å². The Morgan fingerprint density at radius 1 is 1.18 bits per heavy atom. The molecular formula is C23H22N4O5S2. The number of nitrogens with zero attached hydrogens (tertiary/aromatic N) is 2. The van der Waals surface area contributed by atoms with E-state index in [1.807, 2.05) is 24.3 Å². The van der Waals surface area contributed by atoms with Crippen molar-refractivity contribution in [1.29, 1.82) is 0 Å². The molecule has 0 bridgehead atoms. The van der Waals surface area contributed by atoms with Crippen molar-refractivity contribution in [3.63, 3.8) is 0 Å². The third-order valence-electron chi connectivity index (χ3n) is 4.98. The number of nitrogens with one attached hydrogen (secondary N) is 2. The normalized spacial score (nSPS) is 14.4. The first-order valence-electron chi connectivity index (χ1n) is 10.5. The molecule has 176 valence electrons. The molecule has 0 aromatic heterocycles. The minimum absolute atomic E-state index is 0.0446. The quantitative estimate of drug-likeness (QED) is 0.247. The second-order valence-corrected chi connectivity index (χ2v) is 9.02. The second kappa shape index (κ2) is 11.5. The highest BCUT2D eigenvalue weighted by Crippen LogP contribution is 2.32. The second-order valence-electron chi connectivity index (χ2n) is 7.34. The van der Waals surface area contributed by atoms with E-state index in [0.717, 1.165) is 18.1 Å². The van der Waals surface area contributed by atoms with E-state index in [-0.39, 0.29) is 30.1 Å². The van der Waals surface area contributed by atoms with Crippen molar-refractivity contribution < 1.29 is 19.3 Å². The summed E-state index contributed by atoms with van der Waals surface area (Å²) in [6.07, 6.45) is 3.12. The fraction of sp³-hybridized carbons (Fsp3) is 0.217. The van der Waals surface area contributed by atoms with Gasteiger partial charge in [-0.25, -0.2) is 0 Å². The molecule has 0 atom stereocenters. The largest absolute Gasteiger partial charge is 0.293 e. The van der Waals surface area contributed by atoms with Crippen molar-refractivity contribution in [2.75, 3.05) is 6.54 Å². The molecule has 0 aliphatic carbocycles. The number of rotatable bonds is 8. The average Bonchev–Trinajstić information content (AvgIpc) is 3.10. The van der Waals surface area contributed by atoms with Gasteiger partial charge in [-0.15, -0.1) is 0 Å². The Bertz CT molecular complexity index is 1160. The lowest BCUT2D eigenvalue weighted by Crippen LogP contribution is -2.41. The Morgan fingerprint density at radius 2 is 1.91 bits per heavy atom. The van der Waals surface area contributed by atoms with Gasteiger partial charge in [0.2, 0.25) is 5.91 Å². The molecule has 3 amide bonds. The zero-order valence-corrected chi connectivity index (χ0v) is 19.9. The van der Waals surface area contributed by atoms with Gasteiger partial charge in [-0.2, -0.15) is 0 Å². The van der Waals surface area contributed by atoms with Gasteiger partial charge in [0.15, 0.2) is 0 Å². The van der Waals surface area contributed by atoms with Gasteiger partial charge in [-0.05, 0) is 36.1 Å². The molecule has 3 rings (SSSR count). The van der Waals surface area contributed by atoms with Gasteiger partial charge < -0.3 is 0 Å². The van der Waals surface area contributed by atoms with E-state index >= 15 is 0 Å². The maximum Gasteiger partial charge on any atom is 0.270 e. The Morgan fingerprint density at radius 3 is 2.59 bits per heavy atom. The van der Waals surface area contributed by atoms with Gasteiger partial charge in [0.1, 0.15) is 4.32 Å². The molecule has 11 heteroatoms. The number of aryl methyl sites for hydroxylation is 1. The van der Waals surface area contributed by atoms with E-state index < -0.39 is 16.7 Å². The Labute approximate surface area is 205 Å². The minimum atomic E-state index is -0.675. The van der Waals surface area contributed by atoms with Gasteiger partial charge >= 0.3 is 0 Å². The van der Waals surface area contributed by atoms with Gasteiger partial charge in [0, 0.05) is 30.7 Å². The molecule has 0 unspecified atom stereocenters. The van der Waals surface area contributed by atoms with Crippen LogP contribution in [-0.2, 0) is 16.0 Å². The van der Waals surface area contributed by atoms with Crippen LogP contribution in [0.15, 0.2) is 53.4 Å². The number of nitro benzene ring substituents is 1. The lowest BCUT2D eigenvalue weighted by atomic mass is 10.1. The topological polar surface area (TPSA) is 122 Å². The van der Waals surface area contributed by atoms with Crippen LogP contribution in [0.4, 0.5) is 5.69 Å². The Kier molecular flexibility index (Phi) is 8.50. The van der Waals surface area contributed by atoms with Crippen LogP contribution in [0.3, 0.4) is 0 Å². The summed E-state index contributed by atoms with van der Waals surface area (Å²) in [5, 5.41) is 10.8. The summed E-state index contributed by atoms with van der Waals surface area (Å²) in [4.78, 5) is 49.1. The third kappa shape index (κ3) is 6.49. The van der Waals surface area contributed by atoms with E-state index in [1.165, 1.54) is 40.4 Å². The maximum absolute atomic E-state index is 12.7. The van der Waals surface area contributed by atoms with Crippen molar-refractivity contribution in [2.45, 2.75) is 26.2 Å². The molecule has 1 saturated heterocycles. The van der Waals surface area contributed by atoms with E-state index in [2.05, 4.69) is 17.8 Å². The predicted molar refractivity (Wildman–Crippen MR) is 134 cm³/mol. The predicted octanol–water partition coefficient (Wildman–Crippen LogP) is 3.60. The lowest BCUT2D eigenvalue weighted by Gasteiger charge is -2.14. The minimum Gasteiger partial charge on any atom is -0.293 e. The number of non-ortho nitro benzene ring substituents is 1. The number of carbonyl (C=O) groups is 3. The number of hydrogen-bond donors (Lipinski definition) is 2. The number of benzene rings is 2. The summed E-state index contributed by atoms with van der Waals surface area (Å²) in [5.41, 5.74) is 6.43. The average molecular weight is 499 g/mol. The van der Waals surface area contributed by atoms with Gasteiger partial charge in [0.25, 0.3) is 17.5 Å². The van der Waals surface area contributed by atoms with Crippen molar-refractivity contribution >= 4 is 57.8 Å². The smallest absolute Gasteiger partial charge is 0.270 e. The molecule has 34 heavy (non-hydrogen) atoms. The highest BCUT2D eigenvalue weighted by molar-refractivity contribution is 8.26. The standard InChI is InChI=1S/C23H22N4O5S2/c1-2-15-8-10-16(11-9-15)13-19-22(30)26(23(33)34-19)12-4-7-20(28)24-25-21(29)17-5-3-6-18(14-17)27(31)32/h3,5-6,8-11,13-14H,2,4,7,12H2,1H3,(H,24,28)(H,25,29)/b19-13-. The van der Waals surface area contributed by atoms with Gasteiger partial charge in [-0.1, -0.05) is 61.2 Å². The molecule has 1 fully saturated rings. The zero-order chi connectivity index (χ0) is 24.7. The SMILES string of the molecule is CCc1ccc(/C=C2\SC(=S)N(CCCC(=O)NNC(=O)c3cccc([N+](=O)[O-])c3)C2=O)cc1. The molecule has 1 aliphatic rings. The molecule has 2 aromatic rings. The summed E-state index contributed by atoms with van der Waals surface area (Å²) < 4.78 is 0.431. The highest BCUT2D eigenvalue weighted by Gasteiger charge is 2.31. The monoisotopic (exact) mass is 498 g/mol. The van der Waals surface area contributed by atoms with Crippen molar-refractivity contribution in [1.82, 2.24) is 15.8 Å². The molecular weight excluding hydrogens is 476 g/mol. The van der Waals surface area contributed by atoms with Crippen LogP contribution in [0.25, 0.3) is 6.08 Å². The van der Waals surface area contributed by atoms with Crippen molar-refractivity contribution in [2.24, 2.45) is 0 Å². The number of thioether (sulfide) groups is 1. The summed E-state index contributed by atoms with van der Waals surface area (Å²) >= 11 is 6.54. The summed E-state index contributed by atoms with van der Waals surface area (Å²) in [6.45, 7) is 2.34. The van der Waals surface area contributed by atoms with E-state index in [4.69, 9.17) is 12.2 Å².